The second kappa shape index (κ2) is 12.8. The number of alkyl halides is 9. The molecule has 2 aromatic heterocycles. The Hall–Kier alpha value is -4.54. The summed E-state index contributed by atoms with van der Waals surface area (Å²) in [5.41, 5.74) is -9.22. The summed E-state index contributed by atoms with van der Waals surface area (Å²) in [6, 6.07) is 14.6. The zero-order valence-corrected chi connectivity index (χ0v) is 23.7. The number of anilines is 2. The second-order valence-electron chi connectivity index (χ2n) is 9.04. The van der Waals surface area contributed by atoms with Gasteiger partial charge in [-0.05, 0) is 64.5 Å². The molecular weight excluding hydrogens is 693 g/mol. The molecule has 45 heavy (non-hydrogen) atoms. The molecule has 0 saturated carbocycles. The van der Waals surface area contributed by atoms with E-state index in [4.69, 9.17) is 4.42 Å². The molecule has 0 aliphatic carbocycles. The maximum Gasteiger partial charge on any atom is 0.435 e. The standard InChI is InChI=1S/C28H17BrF9N3O4/c29-18-12-16(26(32,27(33,34)35)28(36,37)38)13-20(45-25(30)31)22(18)40-23(42)19-9-4-10-21(39-19)41(14-17-8-5-11-44-17)24(43)15-6-2-1-3-7-15/h1-13,25H,14H2,(H,40,42). The van der Waals surface area contributed by atoms with Crippen molar-refractivity contribution in [3.05, 3.63) is 106 Å². The first kappa shape index (κ1) is 33.4. The van der Waals surface area contributed by atoms with Gasteiger partial charge in [-0.25, -0.2) is 9.37 Å². The molecule has 4 aromatic rings. The van der Waals surface area contributed by atoms with Gasteiger partial charge >= 0.3 is 24.6 Å². The fourth-order valence-corrected chi connectivity index (χ4v) is 4.55. The number of benzene rings is 2. The molecule has 0 fully saturated rings. The Morgan fingerprint density at radius 3 is 2.16 bits per heavy atom. The van der Waals surface area contributed by atoms with Crippen LogP contribution in [0.5, 0.6) is 5.75 Å². The number of amides is 2. The summed E-state index contributed by atoms with van der Waals surface area (Å²) < 4.78 is 129. The van der Waals surface area contributed by atoms with Crippen molar-refractivity contribution in [2.75, 3.05) is 10.2 Å². The first-order chi connectivity index (χ1) is 21.0. The van der Waals surface area contributed by atoms with Gasteiger partial charge in [-0.2, -0.15) is 35.1 Å². The number of furan rings is 1. The molecule has 238 valence electrons. The zero-order chi connectivity index (χ0) is 33.2. The smallest absolute Gasteiger partial charge is 0.435 e. The average molecular weight is 710 g/mol. The van der Waals surface area contributed by atoms with Crippen molar-refractivity contribution in [2.45, 2.75) is 31.2 Å². The van der Waals surface area contributed by atoms with Crippen molar-refractivity contribution in [3.63, 3.8) is 0 Å². The predicted octanol–water partition coefficient (Wildman–Crippen LogP) is 8.43. The van der Waals surface area contributed by atoms with E-state index in [0.29, 0.717) is 5.76 Å². The van der Waals surface area contributed by atoms with E-state index in [0.717, 1.165) is 11.0 Å². The van der Waals surface area contributed by atoms with Crippen LogP contribution < -0.4 is 15.0 Å². The van der Waals surface area contributed by atoms with Gasteiger partial charge in [0.2, 0.25) is 0 Å². The molecule has 0 saturated heterocycles. The van der Waals surface area contributed by atoms with Crippen molar-refractivity contribution in [3.8, 4) is 5.75 Å². The number of aromatic nitrogens is 1. The minimum Gasteiger partial charge on any atom is -0.467 e. The van der Waals surface area contributed by atoms with E-state index in [1.54, 1.807) is 30.3 Å². The third kappa shape index (κ3) is 7.08. The molecule has 4 rings (SSSR count). The summed E-state index contributed by atoms with van der Waals surface area (Å²) in [5.74, 6) is -2.97. The lowest BCUT2D eigenvalue weighted by molar-refractivity contribution is -0.348. The number of carbonyl (C=O) groups is 2. The Morgan fingerprint density at radius 2 is 1.58 bits per heavy atom. The zero-order valence-electron chi connectivity index (χ0n) is 22.1. The third-order valence-electron chi connectivity index (χ3n) is 6.09. The molecule has 0 bridgehead atoms. The number of ether oxygens (including phenoxy) is 1. The predicted molar refractivity (Wildman–Crippen MR) is 144 cm³/mol. The summed E-state index contributed by atoms with van der Waals surface area (Å²) in [6.45, 7) is -3.96. The van der Waals surface area contributed by atoms with Crippen molar-refractivity contribution in [1.82, 2.24) is 4.98 Å². The SMILES string of the molecule is O=C(Nc1c(Br)cc(C(F)(C(F)(F)F)C(F)(F)F)cc1OC(F)F)c1cccc(N(Cc2ccco2)C(=O)c2ccccc2)n1. The van der Waals surface area contributed by atoms with Gasteiger partial charge in [0.25, 0.3) is 11.8 Å². The van der Waals surface area contributed by atoms with Crippen molar-refractivity contribution < 1.29 is 58.3 Å². The number of nitrogens with zero attached hydrogens (tertiary/aromatic N) is 2. The summed E-state index contributed by atoms with van der Waals surface area (Å²) in [5, 5.41) is 2.02. The molecule has 0 atom stereocenters. The quantitative estimate of drug-likeness (QED) is 0.177. The van der Waals surface area contributed by atoms with Gasteiger partial charge in [-0.15, -0.1) is 0 Å². The number of rotatable bonds is 9. The van der Waals surface area contributed by atoms with Crippen LogP contribution in [-0.4, -0.2) is 35.8 Å². The minimum atomic E-state index is -6.55. The van der Waals surface area contributed by atoms with Crippen LogP contribution in [0, 0.1) is 0 Å². The molecule has 17 heteroatoms. The molecule has 0 aliphatic rings. The van der Waals surface area contributed by atoms with Gasteiger partial charge in [0.15, 0.2) is 5.75 Å². The number of nitrogens with one attached hydrogen (secondary N) is 1. The summed E-state index contributed by atoms with van der Waals surface area (Å²) in [4.78, 5) is 31.8. The van der Waals surface area contributed by atoms with Crippen LogP contribution in [0.25, 0.3) is 0 Å². The second-order valence-corrected chi connectivity index (χ2v) is 9.89. The molecule has 0 unspecified atom stereocenters. The fourth-order valence-electron chi connectivity index (χ4n) is 4.01. The van der Waals surface area contributed by atoms with E-state index < -0.39 is 63.6 Å². The molecule has 0 spiro atoms. The highest BCUT2D eigenvalue weighted by Crippen LogP contribution is 2.55. The van der Waals surface area contributed by atoms with E-state index in [2.05, 4.69) is 25.7 Å². The van der Waals surface area contributed by atoms with Gasteiger partial charge in [-0.3, -0.25) is 14.5 Å². The maximum absolute atomic E-state index is 14.7. The number of hydrogen-bond acceptors (Lipinski definition) is 5. The number of hydrogen-bond donors (Lipinski definition) is 1. The molecule has 0 aliphatic heterocycles. The van der Waals surface area contributed by atoms with Crippen LogP contribution in [0.4, 0.5) is 51.0 Å². The Morgan fingerprint density at radius 1 is 0.911 bits per heavy atom. The first-order valence-corrected chi connectivity index (χ1v) is 13.1. The van der Waals surface area contributed by atoms with Crippen LogP contribution in [0.2, 0.25) is 0 Å². The Bertz CT molecular complexity index is 1650. The van der Waals surface area contributed by atoms with Gasteiger partial charge in [0.05, 0.1) is 18.5 Å². The van der Waals surface area contributed by atoms with Crippen molar-refractivity contribution in [1.29, 1.82) is 0 Å². The Labute approximate surface area is 255 Å². The largest absolute Gasteiger partial charge is 0.467 e. The number of pyridine rings is 1. The summed E-state index contributed by atoms with van der Waals surface area (Å²) in [6.07, 6.45) is -11.8. The third-order valence-corrected chi connectivity index (χ3v) is 6.72. The van der Waals surface area contributed by atoms with Gasteiger partial charge in [0.1, 0.15) is 17.3 Å². The molecule has 1 N–H and O–H groups in total. The van der Waals surface area contributed by atoms with E-state index in [1.807, 2.05) is 5.32 Å². The van der Waals surface area contributed by atoms with E-state index >= 15 is 0 Å². The summed E-state index contributed by atoms with van der Waals surface area (Å²) >= 11 is 2.61. The van der Waals surface area contributed by atoms with Gasteiger partial charge < -0.3 is 14.5 Å². The minimum absolute atomic E-state index is 0.0163. The fraction of sp³-hybridized carbons (Fsp3) is 0.179. The van der Waals surface area contributed by atoms with Crippen LogP contribution in [-0.2, 0) is 12.2 Å². The van der Waals surface area contributed by atoms with Gasteiger partial charge in [-0.1, -0.05) is 24.3 Å². The molecule has 2 heterocycles. The molecule has 0 radical (unpaired) electrons. The van der Waals surface area contributed by atoms with Crippen molar-refractivity contribution in [2.24, 2.45) is 0 Å². The molecule has 7 nitrogen and oxygen atoms in total. The lowest BCUT2D eigenvalue weighted by Crippen LogP contribution is -2.50. The highest BCUT2D eigenvalue weighted by atomic mass is 79.9. The first-order valence-electron chi connectivity index (χ1n) is 12.3. The van der Waals surface area contributed by atoms with E-state index in [9.17, 15) is 49.1 Å². The number of halogens is 10. The number of carbonyl (C=O) groups excluding carboxylic acids is 2. The van der Waals surface area contributed by atoms with Crippen LogP contribution >= 0.6 is 15.9 Å². The lowest BCUT2D eigenvalue weighted by atomic mass is 9.93. The average Bonchev–Trinajstić information content (AvgIpc) is 3.49. The molecule has 2 aromatic carbocycles. The van der Waals surface area contributed by atoms with Crippen LogP contribution in [0.15, 0.2) is 87.9 Å². The van der Waals surface area contributed by atoms with Crippen molar-refractivity contribution >= 4 is 39.2 Å². The maximum atomic E-state index is 14.7. The van der Waals surface area contributed by atoms with E-state index in [1.165, 1.54) is 30.5 Å². The highest BCUT2D eigenvalue weighted by molar-refractivity contribution is 9.10. The monoisotopic (exact) mass is 709 g/mol. The summed E-state index contributed by atoms with van der Waals surface area (Å²) in [7, 11) is 0. The molecular formula is C28H17BrF9N3O4. The highest BCUT2D eigenvalue weighted by Gasteiger charge is 2.73. The topological polar surface area (TPSA) is 84.7 Å². The van der Waals surface area contributed by atoms with Crippen LogP contribution in [0.3, 0.4) is 0 Å². The Kier molecular flexibility index (Phi) is 9.51. The normalized spacial score (nSPS) is 12.2. The van der Waals surface area contributed by atoms with Gasteiger partial charge in [0, 0.05) is 15.6 Å². The van der Waals surface area contributed by atoms with Crippen LogP contribution in [0.1, 0.15) is 32.2 Å². The van der Waals surface area contributed by atoms with E-state index in [-0.39, 0.29) is 30.1 Å². The molecule has 2 amide bonds. The lowest BCUT2D eigenvalue weighted by Gasteiger charge is -2.31. The Balaban J connectivity index is 1.73.